The topological polar surface area (TPSA) is 83.6 Å². The third kappa shape index (κ3) is 3.44. The summed E-state index contributed by atoms with van der Waals surface area (Å²) in [5.74, 6) is -2.23. The average molecular weight is 254 g/mol. The molecule has 18 heavy (non-hydrogen) atoms. The van der Waals surface area contributed by atoms with E-state index >= 15 is 0 Å². The minimum Gasteiger partial charge on any atom is -0.481 e. The van der Waals surface area contributed by atoms with Crippen LogP contribution in [0.5, 0.6) is 0 Å². The van der Waals surface area contributed by atoms with Crippen molar-refractivity contribution < 1.29 is 19.1 Å². The fourth-order valence-corrected chi connectivity index (χ4v) is 1.51. The van der Waals surface area contributed by atoms with E-state index < -0.39 is 17.7 Å². The van der Waals surface area contributed by atoms with Gasteiger partial charge in [0, 0.05) is 18.8 Å². The molecule has 0 fully saturated rings. The van der Waals surface area contributed by atoms with Crippen LogP contribution in [0, 0.1) is 5.82 Å². The van der Waals surface area contributed by atoms with Crippen molar-refractivity contribution in [3.05, 3.63) is 29.6 Å². The number of nitrogen functional groups attached to an aromatic ring is 1. The van der Waals surface area contributed by atoms with Gasteiger partial charge in [0.1, 0.15) is 5.82 Å². The highest BCUT2D eigenvalue weighted by Gasteiger charge is 2.18. The molecule has 0 bridgehead atoms. The summed E-state index contributed by atoms with van der Waals surface area (Å²) < 4.78 is 13.6. The number of carboxylic acids is 1. The number of anilines is 1. The van der Waals surface area contributed by atoms with Gasteiger partial charge in [-0.25, -0.2) is 4.39 Å². The molecule has 1 amide bonds. The van der Waals surface area contributed by atoms with Crippen molar-refractivity contribution in [2.45, 2.75) is 13.3 Å². The summed E-state index contributed by atoms with van der Waals surface area (Å²) >= 11 is 0. The van der Waals surface area contributed by atoms with Gasteiger partial charge in [-0.2, -0.15) is 0 Å². The number of amides is 1. The fourth-order valence-electron chi connectivity index (χ4n) is 1.51. The van der Waals surface area contributed by atoms with Gasteiger partial charge in [-0.15, -0.1) is 0 Å². The second-order valence-electron chi connectivity index (χ2n) is 3.77. The molecule has 1 aromatic rings. The number of rotatable bonds is 5. The molecule has 98 valence electrons. The molecule has 0 radical (unpaired) electrons. The predicted octanol–water partition coefficient (Wildman–Crippen LogP) is 1.34. The minimum absolute atomic E-state index is 0.0501. The van der Waals surface area contributed by atoms with Crippen LogP contribution in [0.1, 0.15) is 23.7 Å². The van der Waals surface area contributed by atoms with Crippen molar-refractivity contribution in [2.24, 2.45) is 0 Å². The normalized spacial score (nSPS) is 10.1. The minimum atomic E-state index is -1.00. The third-order valence-corrected chi connectivity index (χ3v) is 2.49. The van der Waals surface area contributed by atoms with Gasteiger partial charge in [0.05, 0.1) is 12.0 Å². The van der Waals surface area contributed by atoms with Crippen LogP contribution in [0.3, 0.4) is 0 Å². The lowest BCUT2D eigenvalue weighted by Crippen LogP contribution is -2.33. The van der Waals surface area contributed by atoms with Crippen molar-refractivity contribution in [3.63, 3.8) is 0 Å². The van der Waals surface area contributed by atoms with E-state index in [1.54, 1.807) is 6.92 Å². The molecule has 0 aliphatic rings. The Kier molecular flexibility index (Phi) is 4.65. The van der Waals surface area contributed by atoms with E-state index in [9.17, 15) is 14.0 Å². The van der Waals surface area contributed by atoms with Gasteiger partial charge >= 0.3 is 5.97 Å². The number of nitrogens with zero attached hydrogens (tertiary/aromatic N) is 1. The fraction of sp³-hybridized carbons (Fsp3) is 0.333. The zero-order valence-corrected chi connectivity index (χ0v) is 10.0. The van der Waals surface area contributed by atoms with Crippen LogP contribution in [-0.2, 0) is 4.79 Å². The summed E-state index contributed by atoms with van der Waals surface area (Å²) in [7, 11) is 0. The van der Waals surface area contributed by atoms with E-state index in [2.05, 4.69) is 0 Å². The average Bonchev–Trinajstić information content (AvgIpc) is 2.29. The molecule has 5 nitrogen and oxygen atoms in total. The maximum Gasteiger partial charge on any atom is 0.305 e. The Morgan fingerprint density at radius 3 is 2.61 bits per heavy atom. The summed E-state index contributed by atoms with van der Waals surface area (Å²) in [6.07, 6.45) is -0.170. The lowest BCUT2D eigenvalue weighted by molar-refractivity contribution is -0.137. The number of benzene rings is 1. The monoisotopic (exact) mass is 254 g/mol. The number of aliphatic carboxylic acids is 1. The van der Waals surface area contributed by atoms with Crippen molar-refractivity contribution in [2.75, 3.05) is 18.8 Å². The summed E-state index contributed by atoms with van der Waals surface area (Å²) in [4.78, 5) is 23.7. The van der Waals surface area contributed by atoms with Crippen LogP contribution in [0.15, 0.2) is 18.2 Å². The number of carbonyl (C=O) groups excluding carboxylic acids is 1. The molecule has 0 aliphatic carbocycles. The van der Waals surface area contributed by atoms with E-state index in [0.717, 1.165) is 6.07 Å². The summed E-state index contributed by atoms with van der Waals surface area (Å²) in [6.45, 7) is 2.07. The highest BCUT2D eigenvalue weighted by Crippen LogP contribution is 2.14. The first-order valence-electron chi connectivity index (χ1n) is 5.51. The maximum absolute atomic E-state index is 13.6. The molecule has 1 rings (SSSR count). The van der Waals surface area contributed by atoms with E-state index in [4.69, 9.17) is 10.8 Å². The van der Waals surface area contributed by atoms with Gasteiger partial charge < -0.3 is 15.7 Å². The van der Waals surface area contributed by atoms with Gasteiger partial charge in [0.25, 0.3) is 5.91 Å². The first-order chi connectivity index (χ1) is 8.45. The van der Waals surface area contributed by atoms with Crippen molar-refractivity contribution in [1.82, 2.24) is 4.90 Å². The van der Waals surface area contributed by atoms with Crippen LogP contribution in [0.4, 0.5) is 10.1 Å². The zero-order valence-electron chi connectivity index (χ0n) is 10.0. The number of halogens is 1. The molecular formula is C12H15FN2O3. The largest absolute Gasteiger partial charge is 0.481 e. The van der Waals surface area contributed by atoms with E-state index in [1.807, 2.05) is 0 Å². The van der Waals surface area contributed by atoms with Gasteiger partial charge in [0.15, 0.2) is 0 Å². The summed E-state index contributed by atoms with van der Waals surface area (Å²) in [5.41, 5.74) is 5.53. The molecular weight excluding hydrogens is 239 g/mol. The first kappa shape index (κ1) is 14.0. The standard InChI is InChI=1S/C12H15FN2O3/c1-2-15(6-5-11(16)17)12(18)9-4-3-8(14)7-10(9)13/h3-4,7H,2,5-6,14H2,1H3,(H,16,17). The molecule has 0 unspecified atom stereocenters. The van der Waals surface area contributed by atoms with E-state index in [1.165, 1.54) is 17.0 Å². The van der Waals surface area contributed by atoms with Crippen LogP contribution in [-0.4, -0.2) is 35.0 Å². The Balaban J connectivity index is 2.86. The molecule has 0 saturated heterocycles. The highest BCUT2D eigenvalue weighted by molar-refractivity contribution is 5.95. The second kappa shape index (κ2) is 6.00. The van der Waals surface area contributed by atoms with Crippen molar-refractivity contribution in [3.8, 4) is 0 Å². The SMILES string of the molecule is CCN(CCC(=O)O)C(=O)c1ccc(N)cc1F. The Labute approximate surface area is 104 Å². The van der Waals surface area contributed by atoms with E-state index in [-0.39, 0.29) is 24.2 Å². The number of carboxylic acid groups (broad SMARTS) is 1. The Bertz CT molecular complexity index is 463. The van der Waals surface area contributed by atoms with Crippen LogP contribution in [0.2, 0.25) is 0 Å². The van der Waals surface area contributed by atoms with Gasteiger partial charge in [-0.3, -0.25) is 9.59 Å². The lowest BCUT2D eigenvalue weighted by Gasteiger charge is -2.20. The number of hydrogen-bond acceptors (Lipinski definition) is 3. The first-order valence-corrected chi connectivity index (χ1v) is 5.51. The molecule has 0 aliphatic heterocycles. The Hall–Kier alpha value is -2.11. The Morgan fingerprint density at radius 1 is 1.44 bits per heavy atom. The third-order valence-electron chi connectivity index (χ3n) is 2.49. The molecule has 0 atom stereocenters. The van der Waals surface area contributed by atoms with E-state index in [0.29, 0.717) is 6.54 Å². The van der Waals surface area contributed by atoms with Gasteiger partial charge in [-0.05, 0) is 25.1 Å². The second-order valence-corrected chi connectivity index (χ2v) is 3.77. The zero-order chi connectivity index (χ0) is 13.7. The molecule has 0 saturated carbocycles. The highest BCUT2D eigenvalue weighted by atomic mass is 19.1. The molecule has 1 aromatic carbocycles. The maximum atomic E-state index is 13.6. The number of carbonyl (C=O) groups is 2. The van der Waals surface area contributed by atoms with Crippen LogP contribution >= 0.6 is 0 Å². The summed E-state index contributed by atoms with van der Waals surface area (Å²) in [5, 5.41) is 8.57. The lowest BCUT2D eigenvalue weighted by atomic mass is 10.1. The van der Waals surface area contributed by atoms with Crippen molar-refractivity contribution in [1.29, 1.82) is 0 Å². The molecule has 6 heteroatoms. The number of nitrogens with two attached hydrogens (primary N) is 1. The van der Waals surface area contributed by atoms with Crippen LogP contribution in [0.25, 0.3) is 0 Å². The molecule has 0 aromatic heterocycles. The smallest absolute Gasteiger partial charge is 0.305 e. The van der Waals surface area contributed by atoms with Crippen LogP contribution < -0.4 is 5.73 Å². The predicted molar refractivity (Wildman–Crippen MR) is 64.6 cm³/mol. The Morgan fingerprint density at radius 2 is 2.11 bits per heavy atom. The molecule has 0 spiro atoms. The van der Waals surface area contributed by atoms with Gasteiger partial charge in [-0.1, -0.05) is 0 Å². The number of hydrogen-bond donors (Lipinski definition) is 2. The summed E-state index contributed by atoms with van der Waals surface area (Å²) in [6, 6.07) is 3.80. The van der Waals surface area contributed by atoms with Gasteiger partial charge in [0.2, 0.25) is 0 Å². The van der Waals surface area contributed by atoms with Crippen molar-refractivity contribution >= 4 is 17.6 Å². The molecule has 3 N–H and O–H groups in total. The quantitative estimate of drug-likeness (QED) is 0.777. The molecule has 0 heterocycles.